The van der Waals surface area contributed by atoms with Crippen molar-refractivity contribution in [2.75, 3.05) is 0 Å². The summed E-state index contributed by atoms with van der Waals surface area (Å²) in [4.78, 5) is 0. The molecule has 2 N–H and O–H groups in total. The Morgan fingerprint density at radius 1 is 1.09 bits per heavy atom. The second-order valence-electron chi connectivity index (χ2n) is 2.90. The van der Waals surface area contributed by atoms with Crippen molar-refractivity contribution in [3.63, 3.8) is 0 Å². The topological polar surface area (TPSA) is 26.0 Å². The van der Waals surface area contributed by atoms with Crippen molar-refractivity contribution in [3.05, 3.63) is 35.9 Å². The van der Waals surface area contributed by atoms with Gasteiger partial charge >= 0.3 is 0 Å². The van der Waals surface area contributed by atoms with E-state index in [2.05, 4.69) is 19.1 Å². The Hall–Kier alpha value is -0.820. The van der Waals surface area contributed by atoms with Gasteiger partial charge in [-0.25, -0.2) is 0 Å². The second kappa shape index (κ2) is 5.93. The van der Waals surface area contributed by atoms with Gasteiger partial charge in [-0.3, -0.25) is 0 Å². The summed E-state index contributed by atoms with van der Waals surface area (Å²) in [5.41, 5.74) is 6.43. The largest absolute Gasteiger partial charge is 0.328 e. The van der Waals surface area contributed by atoms with Gasteiger partial charge in [0.15, 0.2) is 0 Å². The summed E-state index contributed by atoms with van der Waals surface area (Å²) in [6.07, 6.45) is 0. The van der Waals surface area contributed by atoms with Crippen LogP contribution in [0.5, 0.6) is 0 Å². The standard InChI is InChI=1S/C7H8.C3H9N/c1-7-5-3-2-4-6-7;1-3(2)4/h2-6H,1H3;3H,4H2,1-2H3. The SMILES string of the molecule is CC(C)N.Cc1ccccc1. The lowest BCUT2D eigenvalue weighted by molar-refractivity contribution is 0.834. The van der Waals surface area contributed by atoms with Crippen molar-refractivity contribution in [1.29, 1.82) is 0 Å². The van der Waals surface area contributed by atoms with E-state index in [1.54, 1.807) is 0 Å². The summed E-state index contributed by atoms with van der Waals surface area (Å²) in [5.74, 6) is 0. The number of benzene rings is 1. The van der Waals surface area contributed by atoms with E-state index in [1.165, 1.54) is 5.56 Å². The van der Waals surface area contributed by atoms with Crippen LogP contribution in [0, 0.1) is 6.92 Å². The van der Waals surface area contributed by atoms with Crippen LogP contribution in [-0.2, 0) is 0 Å². The zero-order valence-electron chi connectivity index (χ0n) is 7.54. The Labute approximate surface area is 69.2 Å². The van der Waals surface area contributed by atoms with E-state index in [0.717, 1.165) is 0 Å². The molecule has 1 aromatic rings. The molecule has 0 aromatic heterocycles. The first-order valence-electron chi connectivity index (χ1n) is 3.90. The predicted molar refractivity (Wildman–Crippen MR) is 50.5 cm³/mol. The molecule has 0 aliphatic rings. The molecule has 62 valence electrons. The average Bonchev–Trinajstić information content (AvgIpc) is 1.87. The van der Waals surface area contributed by atoms with Crippen LogP contribution in [0.25, 0.3) is 0 Å². The Morgan fingerprint density at radius 2 is 1.45 bits per heavy atom. The molecule has 1 heteroatoms. The molecule has 0 spiro atoms. The van der Waals surface area contributed by atoms with Crippen molar-refractivity contribution in [2.45, 2.75) is 26.8 Å². The first-order chi connectivity index (χ1) is 5.13. The van der Waals surface area contributed by atoms with Crippen molar-refractivity contribution in [2.24, 2.45) is 5.73 Å². The van der Waals surface area contributed by atoms with E-state index >= 15 is 0 Å². The van der Waals surface area contributed by atoms with Gasteiger partial charge in [-0.1, -0.05) is 49.7 Å². The lowest BCUT2D eigenvalue weighted by atomic mass is 10.2. The second-order valence-corrected chi connectivity index (χ2v) is 2.90. The fraction of sp³-hybridized carbons (Fsp3) is 0.400. The molecule has 0 aliphatic heterocycles. The van der Waals surface area contributed by atoms with Gasteiger partial charge in [0.1, 0.15) is 0 Å². The molecule has 1 nitrogen and oxygen atoms in total. The van der Waals surface area contributed by atoms with E-state index in [4.69, 9.17) is 5.73 Å². The van der Waals surface area contributed by atoms with E-state index in [0.29, 0.717) is 6.04 Å². The van der Waals surface area contributed by atoms with Crippen LogP contribution in [0.4, 0.5) is 0 Å². The van der Waals surface area contributed by atoms with Gasteiger partial charge in [-0.15, -0.1) is 0 Å². The first-order valence-corrected chi connectivity index (χ1v) is 3.90. The molecule has 0 unspecified atom stereocenters. The fourth-order valence-corrected chi connectivity index (χ4v) is 0.534. The smallest absolute Gasteiger partial charge is 0.00179 e. The molecule has 11 heavy (non-hydrogen) atoms. The highest BCUT2D eigenvalue weighted by atomic mass is 14.6. The van der Waals surface area contributed by atoms with Gasteiger partial charge in [-0.2, -0.15) is 0 Å². The molecule has 1 aromatic carbocycles. The van der Waals surface area contributed by atoms with Gasteiger partial charge in [0.2, 0.25) is 0 Å². The molecule has 0 heterocycles. The van der Waals surface area contributed by atoms with Crippen LogP contribution in [-0.4, -0.2) is 6.04 Å². The van der Waals surface area contributed by atoms with Crippen molar-refractivity contribution in [1.82, 2.24) is 0 Å². The maximum absolute atomic E-state index is 5.11. The Balaban J connectivity index is 0.000000218. The molecule has 0 saturated carbocycles. The zero-order chi connectivity index (χ0) is 8.69. The van der Waals surface area contributed by atoms with Crippen LogP contribution in [0.15, 0.2) is 30.3 Å². The molecule has 0 amide bonds. The highest BCUT2D eigenvalue weighted by Gasteiger charge is 1.72. The zero-order valence-corrected chi connectivity index (χ0v) is 7.54. The monoisotopic (exact) mass is 151 g/mol. The highest BCUT2D eigenvalue weighted by Crippen LogP contribution is 1.92. The molecule has 1 rings (SSSR count). The van der Waals surface area contributed by atoms with Crippen LogP contribution in [0.1, 0.15) is 19.4 Å². The number of aryl methyl sites for hydroxylation is 1. The third kappa shape index (κ3) is 9.18. The van der Waals surface area contributed by atoms with Gasteiger partial charge in [0, 0.05) is 0 Å². The maximum Gasteiger partial charge on any atom is -0.00179 e. The molecular weight excluding hydrogens is 134 g/mol. The normalized spacial score (nSPS) is 8.82. The molecule has 0 aliphatic carbocycles. The van der Waals surface area contributed by atoms with Gasteiger partial charge in [-0.05, 0) is 13.0 Å². The molecular formula is C10H17N. The van der Waals surface area contributed by atoms with E-state index in [-0.39, 0.29) is 0 Å². The Bertz CT molecular complexity index is 165. The first kappa shape index (κ1) is 10.2. The van der Waals surface area contributed by atoms with Crippen LogP contribution >= 0.6 is 0 Å². The number of nitrogens with two attached hydrogens (primary N) is 1. The number of rotatable bonds is 0. The number of hydrogen-bond donors (Lipinski definition) is 1. The summed E-state index contributed by atoms with van der Waals surface area (Å²) in [7, 11) is 0. The van der Waals surface area contributed by atoms with Gasteiger partial charge < -0.3 is 5.73 Å². The quantitative estimate of drug-likeness (QED) is 0.605. The van der Waals surface area contributed by atoms with Gasteiger partial charge in [0.25, 0.3) is 0 Å². The molecule has 0 atom stereocenters. The molecule has 0 bridgehead atoms. The average molecular weight is 151 g/mol. The van der Waals surface area contributed by atoms with Crippen LogP contribution in [0.2, 0.25) is 0 Å². The third-order valence-electron chi connectivity index (χ3n) is 0.940. The van der Waals surface area contributed by atoms with Crippen LogP contribution < -0.4 is 5.73 Å². The summed E-state index contributed by atoms with van der Waals surface area (Å²) >= 11 is 0. The minimum Gasteiger partial charge on any atom is -0.328 e. The summed E-state index contributed by atoms with van der Waals surface area (Å²) < 4.78 is 0. The van der Waals surface area contributed by atoms with E-state index in [1.807, 2.05) is 32.0 Å². The lowest BCUT2D eigenvalue weighted by Crippen LogP contribution is -2.06. The Kier molecular flexibility index (Phi) is 5.49. The lowest BCUT2D eigenvalue weighted by Gasteiger charge is -1.82. The summed E-state index contributed by atoms with van der Waals surface area (Å²) in [6, 6.07) is 10.6. The predicted octanol–water partition coefficient (Wildman–Crippen LogP) is 2.35. The highest BCUT2D eigenvalue weighted by molar-refractivity contribution is 5.11. The molecule has 0 radical (unpaired) electrons. The summed E-state index contributed by atoms with van der Waals surface area (Å²) in [6.45, 7) is 5.97. The fourth-order valence-electron chi connectivity index (χ4n) is 0.534. The van der Waals surface area contributed by atoms with Crippen molar-refractivity contribution in [3.8, 4) is 0 Å². The summed E-state index contributed by atoms with van der Waals surface area (Å²) in [5, 5.41) is 0. The Morgan fingerprint density at radius 3 is 1.64 bits per heavy atom. The number of hydrogen-bond acceptors (Lipinski definition) is 1. The third-order valence-corrected chi connectivity index (χ3v) is 0.940. The van der Waals surface area contributed by atoms with Crippen molar-refractivity contribution < 1.29 is 0 Å². The minimum atomic E-state index is 0.333. The maximum atomic E-state index is 5.11. The van der Waals surface area contributed by atoms with E-state index < -0.39 is 0 Å². The van der Waals surface area contributed by atoms with Crippen LogP contribution in [0.3, 0.4) is 0 Å². The molecule has 0 fully saturated rings. The van der Waals surface area contributed by atoms with Gasteiger partial charge in [0.05, 0.1) is 0 Å². The molecule has 0 saturated heterocycles. The van der Waals surface area contributed by atoms with E-state index in [9.17, 15) is 0 Å². The minimum absolute atomic E-state index is 0.333. The van der Waals surface area contributed by atoms with Crippen molar-refractivity contribution >= 4 is 0 Å².